The van der Waals surface area contributed by atoms with Crippen molar-refractivity contribution in [2.24, 2.45) is 0 Å². The molecule has 0 radical (unpaired) electrons. The van der Waals surface area contributed by atoms with Crippen LogP contribution in [-0.4, -0.2) is 23.0 Å². The van der Waals surface area contributed by atoms with Crippen molar-refractivity contribution in [1.29, 1.82) is 0 Å². The Morgan fingerprint density at radius 2 is 2.33 bits per heavy atom. The second-order valence-corrected chi connectivity index (χ2v) is 3.32. The number of nitrogens with one attached hydrogen (secondary N) is 1. The number of nitrogens with two attached hydrogens (primary N) is 1. The molecule has 2 aromatic heterocycles. The molecule has 0 bridgehead atoms. The predicted octanol–water partition coefficient (Wildman–Crippen LogP) is 1.59. The van der Waals surface area contributed by atoms with Crippen LogP contribution in [0.25, 0.3) is 11.0 Å². The number of fused-ring (bicyclic) bond motifs is 1. The van der Waals surface area contributed by atoms with Gasteiger partial charge in [0, 0.05) is 0 Å². The van der Waals surface area contributed by atoms with Gasteiger partial charge >= 0.3 is 5.97 Å². The molecular formula is C9H8ClN3O2. The highest BCUT2D eigenvalue weighted by atomic mass is 35.5. The van der Waals surface area contributed by atoms with Crippen LogP contribution in [0.5, 0.6) is 0 Å². The Morgan fingerprint density at radius 1 is 1.60 bits per heavy atom. The van der Waals surface area contributed by atoms with Crippen LogP contribution in [0.4, 0.5) is 5.82 Å². The number of carbonyl (C=O) groups excluding carboxylic acids is 1. The molecule has 78 valence electrons. The third-order valence-electron chi connectivity index (χ3n) is 2.03. The van der Waals surface area contributed by atoms with Crippen LogP contribution >= 0.6 is 11.6 Å². The largest absolute Gasteiger partial charge is 0.465 e. The fraction of sp³-hybridized carbons (Fsp3) is 0.111. The molecule has 2 aromatic rings. The number of rotatable bonds is 1. The van der Waals surface area contributed by atoms with Crippen LogP contribution in [0.15, 0.2) is 12.1 Å². The number of methoxy groups -OCH3 is 1. The van der Waals surface area contributed by atoms with Crippen molar-refractivity contribution in [2.45, 2.75) is 0 Å². The molecule has 0 aliphatic heterocycles. The first kappa shape index (κ1) is 9.79. The minimum absolute atomic E-state index is 0.218. The number of aromatic nitrogens is 2. The highest BCUT2D eigenvalue weighted by Crippen LogP contribution is 2.24. The van der Waals surface area contributed by atoms with Crippen molar-refractivity contribution >= 4 is 34.4 Å². The molecule has 3 N–H and O–H groups in total. The molecule has 2 rings (SSSR count). The minimum atomic E-state index is -0.534. The Balaban J connectivity index is 2.76. The maximum Gasteiger partial charge on any atom is 0.343 e. The van der Waals surface area contributed by atoms with Gasteiger partial charge in [-0.2, -0.15) is 0 Å². The van der Waals surface area contributed by atoms with Crippen molar-refractivity contribution in [3.8, 4) is 0 Å². The molecule has 0 atom stereocenters. The number of H-pyrrole nitrogens is 1. The summed E-state index contributed by atoms with van der Waals surface area (Å²) in [6, 6.07) is 3.31. The molecule has 2 heterocycles. The number of ether oxygens (including phenoxy) is 1. The standard InChI is InChI=1S/C9H8ClN3O2/c1-15-9(14)6-7-4(12-8(6)11)2-3-5(10)13-7/h2-3,12H,11H2,1H3. The highest BCUT2D eigenvalue weighted by molar-refractivity contribution is 6.30. The summed E-state index contributed by atoms with van der Waals surface area (Å²) in [5, 5.41) is 0.298. The summed E-state index contributed by atoms with van der Waals surface area (Å²) in [5.41, 5.74) is 6.93. The quantitative estimate of drug-likeness (QED) is 0.570. The summed E-state index contributed by atoms with van der Waals surface area (Å²) >= 11 is 5.73. The molecule has 5 nitrogen and oxygen atoms in total. The molecule has 0 spiro atoms. The Morgan fingerprint density at radius 3 is 3.00 bits per heavy atom. The maximum absolute atomic E-state index is 11.4. The van der Waals surface area contributed by atoms with Gasteiger partial charge in [0.1, 0.15) is 22.1 Å². The molecule has 0 saturated heterocycles. The molecule has 0 amide bonds. The van der Waals surface area contributed by atoms with E-state index in [9.17, 15) is 4.79 Å². The first-order chi connectivity index (χ1) is 7.13. The first-order valence-electron chi connectivity index (χ1n) is 4.15. The van der Waals surface area contributed by atoms with Crippen LogP contribution in [-0.2, 0) is 4.74 Å². The van der Waals surface area contributed by atoms with E-state index in [0.29, 0.717) is 16.2 Å². The fourth-order valence-electron chi connectivity index (χ4n) is 1.37. The van der Waals surface area contributed by atoms with E-state index >= 15 is 0 Å². The van der Waals surface area contributed by atoms with E-state index in [-0.39, 0.29) is 11.4 Å². The van der Waals surface area contributed by atoms with Gasteiger partial charge in [-0.15, -0.1) is 0 Å². The van der Waals surface area contributed by atoms with E-state index in [4.69, 9.17) is 17.3 Å². The van der Waals surface area contributed by atoms with E-state index in [1.165, 1.54) is 7.11 Å². The number of pyridine rings is 1. The third kappa shape index (κ3) is 1.50. The van der Waals surface area contributed by atoms with Crippen LogP contribution in [0.2, 0.25) is 5.15 Å². The number of esters is 1. The molecule has 6 heteroatoms. The summed E-state index contributed by atoms with van der Waals surface area (Å²) in [5.74, 6) is -0.305. The molecular weight excluding hydrogens is 218 g/mol. The Kier molecular flexibility index (Phi) is 2.24. The zero-order valence-corrected chi connectivity index (χ0v) is 8.63. The normalized spacial score (nSPS) is 10.5. The minimum Gasteiger partial charge on any atom is -0.465 e. The SMILES string of the molecule is COC(=O)c1c(N)[nH]c2ccc(Cl)nc12. The van der Waals surface area contributed by atoms with E-state index in [0.717, 1.165) is 0 Å². The van der Waals surface area contributed by atoms with Crippen molar-refractivity contribution in [2.75, 3.05) is 12.8 Å². The zero-order chi connectivity index (χ0) is 11.0. The molecule has 0 saturated carbocycles. The van der Waals surface area contributed by atoms with Crippen LogP contribution < -0.4 is 5.73 Å². The van der Waals surface area contributed by atoms with Crippen molar-refractivity contribution in [3.05, 3.63) is 22.8 Å². The molecule has 0 aliphatic carbocycles. The molecule has 0 aromatic carbocycles. The summed E-state index contributed by atoms with van der Waals surface area (Å²) in [4.78, 5) is 18.3. The number of hydrogen-bond donors (Lipinski definition) is 2. The lowest BCUT2D eigenvalue weighted by Crippen LogP contribution is -2.04. The predicted molar refractivity (Wildman–Crippen MR) is 56.9 cm³/mol. The van der Waals surface area contributed by atoms with Gasteiger partial charge in [-0.25, -0.2) is 9.78 Å². The summed E-state index contributed by atoms with van der Waals surface area (Å²) in [6.07, 6.45) is 0. The number of aromatic amines is 1. The van der Waals surface area contributed by atoms with Gasteiger partial charge in [-0.1, -0.05) is 11.6 Å². The average Bonchev–Trinajstić information content (AvgIpc) is 2.52. The van der Waals surface area contributed by atoms with E-state index in [1.54, 1.807) is 12.1 Å². The second-order valence-electron chi connectivity index (χ2n) is 2.94. The van der Waals surface area contributed by atoms with E-state index in [2.05, 4.69) is 14.7 Å². The van der Waals surface area contributed by atoms with E-state index < -0.39 is 5.97 Å². The lowest BCUT2D eigenvalue weighted by atomic mass is 10.2. The molecule has 0 unspecified atom stereocenters. The Bertz CT molecular complexity index is 535. The first-order valence-corrected chi connectivity index (χ1v) is 4.53. The van der Waals surface area contributed by atoms with Gasteiger partial charge in [0.15, 0.2) is 0 Å². The lowest BCUT2D eigenvalue weighted by Gasteiger charge is -1.97. The average molecular weight is 226 g/mol. The lowest BCUT2D eigenvalue weighted by molar-refractivity contribution is 0.0604. The number of hydrogen-bond acceptors (Lipinski definition) is 4. The molecule has 0 aliphatic rings. The summed E-state index contributed by atoms with van der Waals surface area (Å²) in [7, 11) is 1.28. The van der Waals surface area contributed by atoms with Gasteiger partial charge in [-0.05, 0) is 12.1 Å². The van der Waals surface area contributed by atoms with Gasteiger partial charge in [0.2, 0.25) is 0 Å². The number of anilines is 1. The maximum atomic E-state index is 11.4. The van der Waals surface area contributed by atoms with Crippen LogP contribution in [0.1, 0.15) is 10.4 Å². The number of halogens is 1. The number of carbonyl (C=O) groups is 1. The monoisotopic (exact) mass is 225 g/mol. The van der Waals surface area contributed by atoms with E-state index in [1.807, 2.05) is 0 Å². The number of nitrogen functional groups attached to an aromatic ring is 1. The van der Waals surface area contributed by atoms with Crippen LogP contribution in [0, 0.1) is 0 Å². The Labute approximate surface area is 90.2 Å². The van der Waals surface area contributed by atoms with Crippen LogP contribution in [0.3, 0.4) is 0 Å². The topological polar surface area (TPSA) is 81.0 Å². The summed E-state index contributed by atoms with van der Waals surface area (Å²) < 4.78 is 4.60. The summed E-state index contributed by atoms with van der Waals surface area (Å²) in [6.45, 7) is 0. The van der Waals surface area contributed by atoms with Crippen molar-refractivity contribution in [1.82, 2.24) is 9.97 Å². The van der Waals surface area contributed by atoms with Gasteiger partial charge < -0.3 is 15.5 Å². The van der Waals surface area contributed by atoms with Gasteiger partial charge in [0.05, 0.1) is 12.6 Å². The van der Waals surface area contributed by atoms with Crippen molar-refractivity contribution in [3.63, 3.8) is 0 Å². The second kappa shape index (κ2) is 3.43. The fourth-order valence-corrected chi connectivity index (χ4v) is 1.52. The number of nitrogens with zero attached hydrogens (tertiary/aromatic N) is 1. The molecule has 15 heavy (non-hydrogen) atoms. The van der Waals surface area contributed by atoms with Gasteiger partial charge in [-0.3, -0.25) is 0 Å². The van der Waals surface area contributed by atoms with Crippen molar-refractivity contribution < 1.29 is 9.53 Å². The zero-order valence-electron chi connectivity index (χ0n) is 7.87. The third-order valence-corrected chi connectivity index (χ3v) is 2.24. The Hall–Kier alpha value is -1.75. The smallest absolute Gasteiger partial charge is 0.343 e. The molecule has 0 fully saturated rings. The highest BCUT2D eigenvalue weighted by Gasteiger charge is 2.18. The van der Waals surface area contributed by atoms with Gasteiger partial charge in [0.25, 0.3) is 0 Å².